The number of halogens is 2. The second kappa shape index (κ2) is 5.98. The lowest BCUT2D eigenvalue weighted by Gasteiger charge is -2.16. The Labute approximate surface area is 110 Å². The summed E-state index contributed by atoms with van der Waals surface area (Å²) in [6, 6.07) is 4.52. The number of nitrogens with zero attached hydrogens (tertiary/aromatic N) is 1. The standard InChI is InChI=1S/C13H15ClFN3/c1-2-16-12(13-17-5-6-18-13)7-9-3-4-10(15)8-11(9)14/h3-6,8,12,16H,2,7H2,1H3,(H,17,18). The zero-order valence-corrected chi connectivity index (χ0v) is 10.8. The average Bonchev–Trinajstić information content (AvgIpc) is 2.85. The van der Waals surface area contributed by atoms with Crippen LogP contribution in [0, 0.1) is 5.82 Å². The highest BCUT2D eigenvalue weighted by Crippen LogP contribution is 2.22. The predicted octanol–water partition coefficient (Wildman–Crippen LogP) is 3.10. The lowest BCUT2D eigenvalue weighted by atomic mass is 10.1. The van der Waals surface area contributed by atoms with Gasteiger partial charge in [0.2, 0.25) is 0 Å². The van der Waals surface area contributed by atoms with Crippen LogP contribution in [-0.2, 0) is 6.42 Å². The normalized spacial score (nSPS) is 12.6. The maximum absolute atomic E-state index is 13.0. The molecule has 1 aromatic heterocycles. The molecule has 0 saturated carbocycles. The number of imidazole rings is 1. The van der Waals surface area contributed by atoms with Crippen LogP contribution in [0.5, 0.6) is 0 Å². The van der Waals surface area contributed by atoms with Gasteiger partial charge in [-0.3, -0.25) is 0 Å². The molecule has 2 N–H and O–H groups in total. The molecule has 2 rings (SSSR count). The van der Waals surface area contributed by atoms with E-state index in [0.29, 0.717) is 11.4 Å². The van der Waals surface area contributed by atoms with Crippen molar-refractivity contribution in [2.24, 2.45) is 0 Å². The smallest absolute Gasteiger partial charge is 0.124 e. The van der Waals surface area contributed by atoms with Crippen molar-refractivity contribution >= 4 is 11.6 Å². The van der Waals surface area contributed by atoms with Gasteiger partial charge >= 0.3 is 0 Å². The summed E-state index contributed by atoms with van der Waals surface area (Å²) in [5.41, 5.74) is 0.903. The molecule has 1 atom stereocenters. The summed E-state index contributed by atoms with van der Waals surface area (Å²) in [5.74, 6) is 0.541. The van der Waals surface area contributed by atoms with Crippen molar-refractivity contribution in [3.05, 3.63) is 52.8 Å². The SMILES string of the molecule is CCNC(Cc1ccc(F)cc1Cl)c1ncc[nH]1. The monoisotopic (exact) mass is 267 g/mol. The predicted molar refractivity (Wildman–Crippen MR) is 70.1 cm³/mol. The number of nitrogens with one attached hydrogen (secondary N) is 2. The summed E-state index contributed by atoms with van der Waals surface area (Å²) in [5, 5.41) is 3.78. The van der Waals surface area contributed by atoms with Gasteiger partial charge in [0.15, 0.2) is 0 Å². The van der Waals surface area contributed by atoms with Crippen LogP contribution in [-0.4, -0.2) is 16.5 Å². The topological polar surface area (TPSA) is 40.7 Å². The molecule has 3 nitrogen and oxygen atoms in total. The summed E-state index contributed by atoms with van der Waals surface area (Å²) < 4.78 is 13.0. The number of hydrogen-bond donors (Lipinski definition) is 2. The van der Waals surface area contributed by atoms with E-state index < -0.39 is 0 Å². The average molecular weight is 268 g/mol. The summed E-state index contributed by atoms with van der Waals surface area (Å²) in [4.78, 5) is 7.33. The number of rotatable bonds is 5. The van der Waals surface area contributed by atoms with E-state index in [0.717, 1.165) is 17.9 Å². The third-order valence-electron chi connectivity index (χ3n) is 2.74. The van der Waals surface area contributed by atoms with E-state index >= 15 is 0 Å². The van der Waals surface area contributed by atoms with Crippen LogP contribution in [0.4, 0.5) is 4.39 Å². The van der Waals surface area contributed by atoms with Crippen LogP contribution < -0.4 is 5.32 Å². The fourth-order valence-corrected chi connectivity index (χ4v) is 2.13. The van der Waals surface area contributed by atoms with Gasteiger partial charge in [-0.15, -0.1) is 0 Å². The van der Waals surface area contributed by atoms with E-state index in [1.165, 1.54) is 12.1 Å². The second-order valence-electron chi connectivity index (χ2n) is 4.02. The third-order valence-corrected chi connectivity index (χ3v) is 3.09. The van der Waals surface area contributed by atoms with Crippen LogP contribution in [0.2, 0.25) is 5.02 Å². The number of hydrogen-bond acceptors (Lipinski definition) is 2. The third kappa shape index (κ3) is 3.09. The Morgan fingerprint density at radius 2 is 2.33 bits per heavy atom. The molecular formula is C13H15ClFN3. The summed E-state index contributed by atoms with van der Waals surface area (Å²) in [6.45, 7) is 2.85. The van der Waals surface area contributed by atoms with Crippen molar-refractivity contribution in [3.8, 4) is 0 Å². The first-order chi connectivity index (χ1) is 8.70. The lowest BCUT2D eigenvalue weighted by Crippen LogP contribution is -2.24. The number of aromatic nitrogens is 2. The largest absolute Gasteiger partial charge is 0.347 e. The maximum Gasteiger partial charge on any atom is 0.124 e. The molecule has 96 valence electrons. The van der Waals surface area contributed by atoms with Crippen molar-refractivity contribution in [3.63, 3.8) is 0 Å². The molecule has 1 aromatic carbocycles. The van der Waals surface area contributed by atoms with Crippen LogP contribution in [0.3, 0.4) is 0 Å². The van der Waals surface area contributed by atoms with E-state index in [9.17, 15) is 4.39 Å². The second-order valence-corrected chi connectivity index (χ2v) is 4.43. The molecule has 1 unspecified atom stereocenters. The van der Waals surface area contributed by atoms with Crippen molar-refractivity contribution in [2.45, 2.75) is 19.4 Å². The molecule has 0 aliphatic carbocycles. The van der Waals surface area contributed by atoms with Crippen LogP contribution in [0.15, 0.2) is 30.6 Å². The molecule has 0 spiro atoms. The van der Waals surface area contributed by atoms with Gasteiger partial charge in [0.1, 0.15) is 11.6 Å². The summed E-state index contributed by atoms with van der Waals surface area (Å²) in [6.07, 6.45) is 4.17. The van der Waals surface area contributed by atoms with Crippen molar-refractivity contribution in [1.29, 1.82) is 0 Å². The van der Waals surface area contributed by atoms with Gasteiger partial charge in [-0.05, 0) is 30.7 Å². The first kappa shape index (κ1) is 13.1. The zero-order chi connectivity index (χ0) is 13.0. The Morgan fingerprint density at radius 1 is 1.50 bits per heavy atom. The molecule has 0 aliphatic rings. The Kier molecular flexibility index (Phi) is 4.33. The van der Waals surface area contributed by atoms with Crippen molar-refractivity contribution < 1.29 is 4.39 Å². The highest BCUT2D eigenvalue weighted by molar-refractivity contribution is 6.31. The Morgan fingerprint density at radius 3 is 2.94 bits per heavy atom. The van der Waals surface area contributed by atoms with E-state index in [1.54, 1.807) is 18.5 Å². The number of benzene rings is 1. The van der Waals surface area contributed by atoms with Gasteiger partial charge in [0.05, 0.1) is 6.04 Å². The Balaban J connectivity index is 2.18. The molecule has 0 radical (unpaired) electrons. The minimum Gasteiger partial charge on any atom is -0.347 e. The van der Waals surface area contributed by atoms with Crippen LogP contribution >= 0.6 is 11.6 Å². The van der Waals surface area contributed by atoms with Crippen LogP contribution in [0.1, 0.15) is 24.4 Å². The molecule has 18 heavy (non-hydrogen) atoms. The minimum atomic E-state index is -0.318. The molecule has 0 saturated heterocycles. The first-order valence-electron chi connectivity index (χ1n) is 5.87. The Bertz CT molecular complexity index is 499. The van der Waals surface area contributed by atoms with E-state index in [-0.39, 0.29) is 11.9 Å². The zero-order valence-electron chi connectivity index (χ0n) is 10.1. The maximum atomic E-state index is 13.0. The summed E-state index contributed by atoms with van der Waals surface area (Å²) in [7, 11) is 0. The van der Waals surface area contributed by atoms with Gasteiger partial charge in [0.25, 0.3) is 0 Å². The Hall–Kier alpha value is -1.39. The molecule has 1 heterocycles. The molecule has 0 fully saturated rings. The molecule has 0 amide bonds. The molecule has 2 aromatic rings. The highest BCUT2D eigenvalue weighted by Gasteiger charge is 2.15. The lowest BCUT2D eigenvalue weighted by molar-refractivity contribution is 0.525. The van der Waals surface area contributed by atoms with Gasteiger partial charge in [0, 0.05) is 17.4 Å². The highest BCUT2D eigenvalue weighted by atomic mass is 35.5. The van der Waals surface area contributed by atoms with Gasteiger partial charge in [-0.2, -0.15) is 0 Å². The van der Waals surface area contributed by atoms with Gasteiger partial charge in [-0.1, -0.05) is 24.6 Å². The number of likely N-dealkylation sites (N-methyl/N-ethyl adjacent to an activating group) is 1. The summed E-state index contributed by atoms with van der Waals surface area (Å²) >= 11 is 6.04. The molecule has 0 bridgehead atoms. The van der Waals surface area contributed by atoms with E-state index in [2.05, 4.69) is 15.3 Å². The fraction of sp³-hybridized carbons (Fsp3) is 0.308. The minimum absolute atomic E-state index is 0.0490. The van der Waals surface area contributed by atoms with E-state index in [4.69, 9.17) is 11.6 Å². The molecule has 0 aliphatic heterocycles. The van der Waals surface area contributed by atoms with Gasteiger partial charge in [-0.25, -0.2) is 9.37 Å². The number of H-pyrrole nitrogens is 1. The molecule has 5 heteroatoms. The van der Waals surface area contributed by atoms with Crippen LogP contribution in [0.25, 0.3) is 0 Å². The van der Waals surface area contributed by atoms with E-state index in [1.807, 2.05) is 6.92 Å². The quantitative estimate of drug-likeness (QED) is 0.874. The van der Waals surface area contributed by atoms with Gasteiger partial charge < -0.3 is 10.3 Å². The van der Waals surface area contributed by atoms with Crippen molar-refractivity contribution in [1.82, 2.24) is 15.3 Å². The number of aromatic amines is 1. The van der Waals surface area contributed by atoms with Crippen molar-refractivity contribution in [2.75, 3.05) is 6.54 Å². The first-order valence-corrected chi connectivity index (χ1v) is 6.25. The fourth-order valence-electron chi connectivity index (χ4n) is 1.89. The molecular weight excluding hydrogens is 253 g/mol.